The van der Waals surface area contributed by atoms with E-state index in [9.17, 15) is 17.6 Å². The van der Waals surface area contributed by atoms with E-state index in [1.54, 1.807) is 24.4 Å². The number of sulfonamides is 1. The van der Waals surface area contributed by atoms with Crippen LogP contribution in [-0.4, -0.2) is 25.9 Å². The maximum Gasteiger partial charge on any atom is 0.235 e. The first kappa shape index (κ1) is 17.0. The molecular formula is C15H16FN3O3S. The van der Waals surface area contributed by atoms with Crippen molar-refractivity contribution >= 4 is 15.9 Å². The van der Waals surface area contributed by atoms with E-state index in [1.807, 2.05) is 0 Å². The molecule has 1 heterocycles. The van der Waals surface area contributed by atoms with Crippen molar-refractivity contribution in [2.45, 2.75) is 12.3 Å². The zero-order chi connectivity index (χ0) is 16.7. The maximum atomic E-state index is 13.0. The van der Waals surface area contributed by atoms with Crippen LogP contribution in [0.1, 0.15) is 11.3 Å². The molecule has 6 nitrogen and oxygen atoms in total. The number of carbonyl (C=O) groups excluding carboxylic acids is 1. The molecule has 0 fully saturated rings. The summed E-state index contributed by atoms with van der Waals surface area (Å²) in [4.78, 5) is 15.7. The number of hydrogen-bond acceptors (Lipinski definition) is 4. The van der Waals surface area contributed by atoms with Crippen LogP contribution in [0.25, 0.3) is 0 Å². The average molecular weight is 337 g/mol. The normalized spacial score (nSPS) is 11.2. The number of aromatic nitrogens is 1. The molecule has 0 spiro atoms. The van der Waals surface area contributed by atoms with Gasteiger partial charge < -0.3 is 5.32 Å². The van der Waals surface area contributed by atoms with E-state index in [0.29, 0.717) is 11.3 Å². The summed E-state index contributed by atoms with van der Waals surface area (Å²) < 4.78 is 38.9. The summed E-state index contributed by atoms with van der Waals surface area (Å²) in [5.41, 5.74) is 0.981. The fourth-order valence-corrected chi connectivity index (χ4v) is 2.90. The Hall–Kier alpha value is -2.32. The second-order valence-electron chi connectivity index (χ2n) is 4.81. The molecule has 0 aliphatic rings. The van der Waals surface area contributed by atoms with Crippen molar-refractivity contribution in [2.24, 2.45) is 0 Å². The largest absolute Gasteiger partial charge is 0.349 e. The van der Waals surface area contributed by atoms with Gasteiger partial charge in [-0.15, -0.1) is 0 Å². The second-order valence-corrected chi connectivity index (χ2v) is 6.61. The molecule has 2 N–H and O–H groups in total. The Morgan fingerprint density at radius 2 is 2.00 bits per heavy atom. The standard InChI is InChI=1S/C15H16FN3O3S/c16-13-5-3-4-12(8-13)11-23(21,22)19-10-15(20)18-9-14-6-1-2-7-17-14/h1-8,19H,9-11H2,(H,18,20). The van der Waals surface area contributed by atoms with Crippen LogP contribution in [0.2, 0.25) is 0 Å². The Bertz CT molecular complexity index is 767. The molecule has 1 aromatic heterocycles. The van der Waals surface area contributed by atoms with Gasteiger partial charge in [0, 0.05) is 6.20 Å². The summed E-state index contributed by atoms with van der Waals surface area (Å²) in [5.74, 6) is -1.37. The predicted molar refractivity (Wildman–Crippen MR) is 83.1 cm³/mol. The molecule has 23 heavy (non-hydrogen) atoms. The highest BCUT2D eigenvalue weighted by Crippen LogP contribution is 2.07. The number of nitrogens with zero attached hydrogens (tertiary/aromatic N) is 1. The predicted octanol–water partition coefficient (Wildman–Crippen LogP) is 0.956. The zero-order valence-corrected chi connectivity index (χ0v) is 13.0. The van der Waals surface area contributed by atoms with Gasteiger partial charge in [0.2, 0.25) is 15.9 Å². The van der Waals surface area contributed by atoms with Crippen molar-refractivity contribution in [3.05, 3.63) is 65.7 Å². The van der Waals surface area contributed by atoms with Crippen LogP contribution < -0.4 is 10.0 Å². The minimum absolute atomic E-state index is 0.214. The lowest BCUT2D eigenvalue weighted by atomic mass is 10.2. The molecule has 0 aliphatic heterocycles. The van der Waals surface area contributed by atoms with Crippen LogP contribution in [-0.2, 0) is 27.1 Å². The molecule has 0 bridgehead atoms. The Morgan fingerprint density at radius 3 is 2.70 bits per heavy atom. The van der Waals surface area contributed by atoms with E-state index in [2.05, 4.69) is 15.0 Å². The monoisotopic (exact) mass is 337 g/mol. The van der Waals surface area contributed by atoms with Crippen molar-refractivity contribution in [3.63, 3.8) is 0 Å². The summed E-state index contributed by atoms with van der Waals surface area (Å²) in [7, 11) is -3.72. The Kier molecular flexibility index (Phi) is 5.78. The highest BCUT2D eigenvalue weighted by atomic mass is 32.2. The summed E-state index contributed by atoms with van der Waals surface area (Å²) in [6.07, 6.45) is 1.60. The van der Waals surface area contributed by atoms with Crippen molar-refractivity contribution < 1.29 is 17.6 Å². The molecule has 122 valence electrons. The van der Waals surface area contributed by atoms with E-state index in [-0.39, 0.29) is 13.1 Å². The number of hydrogen-bond donors (Lipinski definition) is 2. The van der Waals surface area contributed by atoms with E-state index >= 15 is 0 Å². The molecule has 0 aliphatic carbocycles. The van der Waals surface area contributed by atoms with Crippen molar-refractivity contribution in [1.82, 2.24) is 15.0 Å². The fraction of sp³-hybridized carbons (Fsp3) is 0.200. The van der Waals surface area contributed by atoms with Gasteiger partial charge in [-0.05, 0) is 29.8 Å². The Balaban J connectivity index is 1.80. The summed E-state index contributed by atoms with van der Waals surface area (Å²) in [6.45, 7) is -0.171. The molecule has 1 amide bonds. The average Bonchev–Trinajstić information content (AvgIpc) is 2.52. The maximum absolute atomic E-state index is 13.0. The van der Waals surface area contributed by atoms with Crippen LogP contribution in [0.4, 0.5) is 4.39 Å². The van der Waals surface area contributed by atoms with Crippen LogP contribution in [0.15, 0.2) is 48.7 Å². The number of rotatable bonds is 7. The van der Waals surface area contributed by atoms with E-state index < -0.39 is 27.5 Å². The third-order valence-corrected chi connectivity index (χ3v) is 4.19. The molecule has 0 radical (unpaired) electrons. The van der Waals surface area contributed by atoms with Gasteiger partial charge in [0.05, 0.1) is 24.5 Å². The number of nitrogens with one attached hydrogen (secondary N) is 2. The molecule has 2 aromatic rings. The van der Waals surface area contributed by atoms with Gasteiger partial charge in [0.25, 0.3) is 0 Å². The molecule has 0 saturated heterocycles. The zero-order valence-electron chi connectivity index (χ0n) is 12.2. The van der Waals surface area contributed by atoms with Gasteiger partial charge in [0.15, 0.2) is 0 Å². The highest BCUT2D eigenvalue weighted by Gasteiger charge is 2.13. The topological polar surface area (TPSA) is 88.2 Å². The first-order valence-corrected chi connectivity index (χ1v) is 8.48. The van der Waals surface area contributed by atoms with E-state index in [0.717, 1.165) is 6.07 Å². The van der Waals surface area contributed by atoms with Crippen LogP contribution in [0.3, 0.4) is 0 Å². The van der Waals surface area contributed by atoms with Gasteiger partial charge >= 0.3 is 0 Å². The van der Waals surface area contributed by atoms with Crippen LogP contribution in [0.5, 0.6) is 0 Å². The Labute approximate surface area is 133 Å². The fourth-order valence-electron chi connectivity index (χ4n) is 1.83. The summed E-state index contributed by atoms with van der Waals surface area (Å²) >= 11 is 0. The number of carbonyl (C=O) groups is 1. The van der Waals surface area contributed by atoms with Crippen LogP contribution in [0, 0.1) is 5.82 Å². The number of amides is 1. The van der Waals surface area contributed by atoms with Gasteiger partial charge in [0.1, 0.15) is 5.82 Å². The SMILES string of the molecule is O=C(CNS(=O)(=O)Cc1cccc(F)c1)NCc1ccccn1. The summed E-state index contributed by atoms with van der Waals surface area (Å²) in [6, 6.07) is 10.6. The third kappa shape index (κ3) is 6.13. The molecular weight excluding hydrogens is 321 g/mol. The molecule has 0 atom stereocenters. The molecule has 2 rings (SSSR count). The lowest BCUT2D eigenvalue weighted by Crippen LogP contribution is -2.37. The quantitative estimate of drug-likeness (QED) is 0.788. The van der Waals surface area contributed by atoms with Crippen molar-refractivity contribution in [3.8, 4) is 0 Å². The first-order valence-electron chi connectivity index (χ1n) is 6.83. The third-order valence-electron chi connectivity index (χ3n) is 2.89. The minimum Gasteiger partial charge on any atom is -0.349 e. The first-order chi connectivity index (χ1) is 10.9. The lowest BCUT2D eigenvalue weighted by molar-refractivity contribution is -0.120. The van der Waals surface area contributed by atoms with E-state index in [4.69, 9.17) is 0 Å². The molecule has 1 aromatic carbocycles. The molecule has 0 saturated carbocycles. The molecule has 8 heteroatoms. The van der Waals surface area contributed by atoms with Gasteiger partial charge in [-0.2, -0.15) is 0 Å². The number of benzene rings is 1. The van der Waals surface area contributed by atoms with Gasteiger partial charge in [-0.3, -0.25) is 9.78 Å². The van der Waals surface area contributed by atoms with Crippen molar-refractivity contribution in [1.29, 1.82) is 0 Å². The number of pyridine rings is 1. The lowest BCUT2D eigenvalue weighted by Gasteiger charge is -2.08. The van der Waals surface area contributed by atoms with Gasteiger partial charge in [-0.1, -0.05) is 18.2 Å². The molecule has 0 unspecified atom stereocenters. The van der Waals surface area contributed by atoms with E-state index in [1.165, 1.54) is 18.2 Å². The summed E-state index contributed by atoms with van der Waals surface area (Å²) in [5, 5.41) is 2.56. The minimum atomic E-state index is -3.72. The van der Waals surface area contributed by atoms with Gasteiger partial charge in [-0.25, -0.2) is 17.5 Å². The Morgan fingerprint density at radius 1 is 1.17 bits per heavy atom. The number of halogens is 1. The van der Waals surface area contributed by atoms with Crippen molar-refractivity contribution in [2.75, 3.05) is 6.54 Å². The smallest absolute Gasteiger partial charge is 0.235 e. The second kappa shape index (κ2) is 7.80. The van der Waals surface area contributed by atoms with Crippen LogP contribution >= 0.6 is 0 Å². The highest BCUT2D eigenvalue weighted by molar-refractivity contribution is 7.88.